The standard InChI is InChI=1S/C17H31N2O3/c1-12(2)13(3)7-6-8-16(21)18-17-14(20)11-22-15(17)9-10-19(4)5/h8,12-13,15,17H,6-7,9-11H2,1-5H3,(H,18,21). The molecule has 1 fully saturated rings. The highest BCUT2D eigenvalue weighted by molar-refractivity contribution is 5.94. The summed E-state index contributed by atoms with van der Waals surface area (Å²) in [6.45, 7) is 7.51. The number of ketones is 1. The highest BCUT2D eigenvalue weighted by Gasteiger charge is 2.36. The van der Waals surface area contributed by atoms with Gasteiger partial charge >= 0.3 is 0 Å². The molecule has 0 spiro atoms. The van der Waals surface area contributed by atoms with E-state index in [1.807, 2.05) is 19.0 Å². The number of nitrogens with zero attached hydrogens (tertiary/aromatic N) is 1. The van der Waals surface area contributed by atoms with Crippen LogP contribution in [0.5, 0.6) is 0 Å². The minimum absolute atomic E-state index is 0.0268. The molecule has 1 saturated heterocycles. The van der Waals surface area contributed by atoms with Crippen LogP contribution in [0.15, 0.2) is 0 Å². The maximum Gasteiger partial charge on any atom is 0.224 e. The minimum Gasteiger partial charge on any atom is -0.368 e. The van der Waals surface area contributed by atoms with E-state index in [-0.39, 0.29) is 24.4 Å². The van der Waals surface area contributed by atoms with E-state index in [0.717, 1.165) is 25.8 Å². The van der Waals surface area contributed by atoms with Crippen molar-refractivity contribution in [1.29, 1.82) is 0 Å². The fourth-order valence-electron chi connectivity index (χ4n) is 2.41. The van der Waals surface area contributed by atoms with Crippen LogP contribution in [0.25, 0.3) is 0 Å². The predicted octanol–water partition coefficient (Wildman–Crippen LogP) is 1.67. The van der Waals surface area contributed by atoms with Gasteiger partial charge in [0.2, 0.25) is 5.91 Å². The fourth-order valence-corrected chi connectivity index (χ4v) is 2.41. The molecule has 1 aliphatic rings. The Labute approximate surface area is 134 Å². The normalized spacial score (nSPS) is 23.3. The summed E-state index contributed by atoms with van der Waals surface area (Å²) in [6, 6.07) is -0.494. The van der Waals surface area contributed by atoms with Crippen molar-refractivity contribution in [3.8, 4) is 0 Å². The van der Waals surface area contributed by atoms with Crippen LogP contribution in [0.1, 0.15) is 40.0 Å². The van der Waals surface area contributed by atoms with Crippen LogP contribution in [-0.4, -0.2) is 56.0 Å². The number of ether oxygens (including phenoxy) is 1. The Kier molecular flexibility index (Phi) is 8.04. The number of amides is 1. The molecule has 0 aromatic rings. The molecule has 1 amide bonds. The number of carbonyl (C=O) groups is 2. The molecule has 1 N–H and O–H groups in total. The van der Waals surface area contributed by atoms with Gasteiger partial charge in [0.1, 0.15) is 12.6 Å². The Morgan fingerprint density at radius 3 is 2.68 bits per heavy atom. The van der Waals surface area contributed by atoms with Crippen molar-refractivity contribution in [3.05, 3.63) is 6.42 Å². The summed E-state index contributed by atoms with van der Waals surface area (Å²) < 4.78 is 5.50. The molecule has 127 valence electrons. The van der Waals surface area contributed by atoms with Gasteiger partial charge in [-0.1, -0.05) is 20.8 Å². The first kappa shape index (κ1) is 19.1. The lowest BCUT2D eigenvalue weighted by atomic mass is 9.92. The van der Waals surface area contributed by atoms with E-state index in [9.17, 15) is 9.59 Å². The van der Waals surface area contributed by atoms with Crippen LogP contribution < -0.4 is 5.32 Å². The van der Waals surface area contributed by atoms with Gasteiger partial charge in [0, 0.05) is 13.0 Å². The van der Waals surface area contributed by atoms with Gasteiger partial charge in [-0.3, -0.25) is 9.59 Å². The predicted molar refractivity (Wildman–Crippen MR) is 87.4 cm³/mol. The van der Waals surface area contributed by atoms with Crippen molar-refractivity contribution >= 4 is 11.7 Å². The molecular formula is C17H31N2O3. The molecule has 3 atom stereocenters. The third kappa shape index (κ3) is 6.44. The second-order valence-corrected chi connectivity index (χ2v) is 6.90. The average Bonchev–Trinajstić information content (AvgIpc) is 2.77. The Hall–Kier alpha value is -0.940. The van der Waals surface area contributed by atoms with Crippen molar-refractivity contribution < 1.29 is 14.3 Å². The van der Waals surface area contributed by atoms with Crippen molar-refractivity contribution in [2.24, 2.45) is 11.8 Å². The van der Waals surface area contributed by atoms with Gasteiger partial charge in [-0.05, 0) is 45.2 Å². The van der Waals surface area contributed by atoms with Crippen LogP contribution >= 0.6 is 0 Å². The zero-order valence-electron chi connectivity index (χ0n) is 14.6. The molecule has 22 heavy (non-hydrogen) atoms. The van der Waals surface area contributed by atoms with E-state index in [1.54, 1.807) is 6.42 Å². The summed E-state index contributed by atoms with van der Waals surface area (Å²) in [5, 5.41) is 2.82. The Morgan fingerprint density at radius 2 is 2.09 bits per heavy atom. The van der Waals surface area contributed by atoms with Crippen molar-refractivity contribution in [2.45, 2.75) is 52.2 Å². The second kappa shape index (κ2) is 9.26. The van der Waals surface area contributed by atoms with Crippen molar-refractivity contribution in [1.82, 2.24) is 10.2 Å². The topological polar surface area (TPSA) is 58.6 Å². The van der Waals surface area contributed by atoms with Crippen LogP contribution in [0.3, 0.4) is 0 Å². The Balaban J connectivity index is 2.35. The monoisotopic (exact) mass is 311 g/mol. The van der Waals surface area contributed by atoms with Gasteiger partial charge in [-0.15, -0.1) is 0 Å². The molecule has 5 nitrogen and oxygen atoms in total. The quantitative estimate of drug-likeness (QED) is 0.704. The van der Waals surface area contributed by atoms with Crippen molar-refractivity contribution in [2.75, 3.05) is 27.2 Å². The van der Waals surface area contributed by atoms with E-state index in [4.69, 9.17) is 4.74 Å². The molecule has 0 aliphatic carbocycles. The Morgan fingerprint density at radius 1 is 1.41 bits per heavy atom. The highest BCUT2D eigenvalue weighted by atomic mass is 16.5. The number of nitrogens with one attached hydrogen (secondary N) is 1. The highest BCUT2D eigenvalue weighted by Crippen LogP contribution is 2.17. The first-order chi connectivity index (χ1) is 10.3. The lowest BCUT2D eigenvalue weighted by molar-refractivity contribution is -0.124. The molecule has 0 aromatic heterocycles. The summed E-state index contributed by atoms with van der Waals surface area (Å²) >= 11 is 0. The lowest BCUT2D eigenvalue weighted by Gasteiger charge is -2.20. The summed E-state index contributed by atoms with van der Waals surface area (Å²) in [7, 11) is 3.96. The van der Waals surface area contributed by atoms with Crippen LogP contribution in [0, 0.1) is 18.3 Å². The van der Waals surface area contributed by atoms with Crippen LogP contribution in [-0.2, 0) is 14.3 Å². The number of carbonyl (C=O) groups excluding carboxylic acids is 2. The average molecular weight is 311 g/mol. The van der Waals surface area contributed by atoms with Gasteiger partial charge in [0.25, 0.3) is 0 Å². The largest absolute Gasteiger partial charge is 0.368 e. The third-order valence-corrected chi connectivity index (χ3v) is 4.41. The molecule has 0 saturated carbocycles. The lowest BCUT2D eigenvalue weighted by Crippen LogP contribution is -2.45. The molecular weight excluding hydrogens is 280 g/mol. The molecule has 0 bridgehead atoms. The number of hydrogen-bond donors (Lipinski definition) is 1. The van der Waals surface area contributed by atoms with E-state index < -0.39 is 6.04 Å². The van der Waals surface area contributed by atoms with Gasteiger partial charge in [0.05, 0.1) is 6.10 Å². The molecule has 1 radical (unpaired) electrons. The molecule has 0 aromatic carbocycles. The molecule has 1 aliphatic heterocycles. The maximum atomic E-state index is 12.0. The summed E-state index contributed by atoms with van der Waals surface area (Å²) in [4.78, 5) is 25.9. The summed E-state index contributed by atoms with van der Waals surface area (Å²) in [5.41, 5.74) is 0. The van der Waals surface area contributed by atoms with E-state index in [0.29, 0.717) is 11.8 Å². The number of rotatable bonds is 9. The first-order valence-electron chi connectivity index (χ1n) is 8.24. The van der Waals surface area contributed by atoms with Crippen molar-refractivity contribution in [3.63, 3.8) is 0 Å². The van der Waals surface area contributed by atoms with Gasteiger partial charge in [-0.25, -0.2) is 0 Å². The van der Waals surface area contributed by atoms with E-state index in [2.05, 4.69) is 26.1 Å². The van der Waals surface area contributed by atoms with Gasteiger partial charge < -0.3 is 15.0 Å². The van der Waals surface area contributed by atoms with E-state index in [1.165, 1.54) is 0 Å². The smallest absolute Gasteiger partial charge is 0.224 e. The summed E-state index contributed by atoms with van der Waals surface area (Å²) in [5.74, 6) is 1.03. The minimum atomic E-state index is -0.494. The fraction of sp³-hybridized carbons (Fsp3) is 0.824. The van der Waals surface area contributed by atoms with Crippen LogP contribution in [0.2, 0.25) is 0 Å². The molecule has 1 heterocycles. The first-order valence-corrected chi connectivity index (χ1v) is 8.24. The molecule has 3 unspecified atom stereocenters. The van der Waals surface area contributed by atoms with E-state index >= 15 is 0 Å². The van der Waals surface area contributed by atoms with Gasteiger partial charge in [0.15, 0.2) is 5.78 Å². The molecule has 1 rings (SSSR count). The number of Topliss-reactive ketones (excluding diaryl/α,β-unsaturated/α-hetero) is 1. The van der Waals surface area contributed by atoms with Crippen LogP contribution in [0.4, 0.5) is 0 Å². The van der Waals surface area contributed by atoms with Gasteiger partial charge in [-0.2, -0.15) is 0 Å². The Bertz CT molecular complexity index is 369. The zero-order valence-corrected chi connectivity index (χ0v) is 14.6. The number of hydrogen-bond acceptors (Lipinski definition) is 4. The zero-order chi connectivity index (χ0) is 16.7. The maximum absolute atomic E-state index is 12.0. The summed E-state index contributed by atoms with van der Waals surface area (Å²) in [6.07, 6.45) is 3.93. The molecule has 5 heteroatoms. The second-order valence-electron chi connectivity index (χ2n) is 6.90. The SMILES string of the molecule is CC(C)C(C)CC[CH]C(=O)NC1C(=O)COC1CCN(C)C. The third-order valence-electron chi connectivity index (χ3n) is 4.41.